The Morgan fingerprint density at radius 1 is 1.04 bits per heavy atom. The van der Waals surface area contributed by atoms with E-state index in [2.05, 4.69) is 84.6 Å². The number of methoxy groups -OCH3 is 2. The van der Waals surface area contributed by atoms with E-state index in [4.69, 9.17) is 14.2 Å². The van der Waals surface area contributed by atoms with Gasteiger partial charge in [-0.05, 0) is 107 Å². The van der Waals surface area contributed by atoms with Gasteiger partial charge in [0.2, 0.25) is 17.3 Å². The van der Waals surface area contributed by atoms with Crippen LogP contribution >= 0.6 is 11.9 Å². The summed E-state index contributed by atoms with van der Waals surface area (Å²) >= 11 is 1.11. The van der Waals surface area contributed by atoms with Crippen molar-refractivity contribution in [1.29, 1.82) is 5.26 Å². The smallest absolute Gasteiger partial charge is 0.300 e. The third-order valence-corrected chi connectivity index (χ3v) is 14.9. The number of rotatable bonds is 26. The molecule has 4 N–H and O–H groups in total. The molecular formula is C50H62N12O9S. The summed E-state index contributed by atoms with van der Waals surface area (Å²) in [4.78, 5) is 51.4. The minimum absolute atomic E-state index is 0.0371. The first-order valence-corrected chi connectivity index (χ1v) is 24.7. The van der Waals surface area contributed by atoms with E-state index in [1.807, 2.05) is 20.9 Å². The Morgan fingerprint density at radius 3 is 2.46 bits per heavy atom. The zero-order valence-corrected chi connectivity index (χ0v) is 42.4. The summed E-state index contributed by atoms with van der Waals surface area (Å²) in [6.45, 7) is 11.2. The van der Waals surface area contributed by atoms with Gasteiger partial charge < -0.3 is 35.5 Å². The number of nitro groups is 1. The van der Waals surface area contributed by atoms with Gasteiger partial charge >= 0.3 is 5.69 Å². The first kappa shape index (κ1) is 52.7. The Balaban J connectivity index is 0.824. The van der Waals surface area contributed by atoms with Crippen LogP contribution in [0.25, 0.3) is 11.0 Å². The average Bonchev–Trinajstić information content (AvgIpc) is 4.07. The van der Waals surface area contributed by atoms with Gasteiger partial charge in [-0.25, -0.2) is 9.31 Å². The predicted octanol–water partition coefficient (Wildman–Crippen LogP) is 6.08. The number of fused-ring (bicyclic) bond motifs is 2. The third kappa shape index (κ3) is 12.1. The summed E-state index contributed by atoms with van der Waals surface area (Å²) in [6, 6.07) is 15.8. The Hall–Kier alpha value is -7.09. The second-order valence-corrected chi connectivity index (χ2v) is 19.8. The van der Waals surface area contributed by atoms with E-state index in [0.717, 1.165) is 41.0 Å². The standard InChI is InChI=1S/C50H62N12O9S/c1-30(31(2)48(64)55-28-34-24-37(39-25-38(34)50(39,3)4)45-42(68-6)22-32(27-52-5)23-43(45)69-7)26-54-49(65)33-8-11-36(12-9-33)72-61(18-16-51)44(63)15-10-35-29-60(59-56-35)19-21-70-20-17-53-40-13-14-41(62(66)67)47-46(40)57-71-58-47/h8-9,11-14,22-24,29-31,37-39,52-53H,10,15,17-21,25-28H2,1-7H3,(H,54,65)(H,55,64). The lowest BCUT2D eigenvalue weighted by Gasteiger charge is -2.59. The number of nitro benzene ring substituents is 1. The number of nitrogens with zero attached hydrogens (tertiary/aromatic N) is 8. The van der Waals surface area contributed by atoms with E-state index in [-0.39, 0.29) is 70.6 Å². The van der Waals surface area contributed by atoms with E-state index in [1.54, 1.807) is 49.4 Å². The number of hydrogen-bond acceptors (Lipinski definition) is 17. The van der Waals surface area contributed by atoms with Gasteiger partial charge in [-0.1, -0.05) is 44.6 Å². The monoisotopic (exact) mass is 1010 g/mol. The fourth-order valence-corrected chi connectivity index (χ4v) is 10.3. The molecule has 5 aromatic rings. The third-order valence-electron chi connectivity index (χ3n) is 13.9. The van der Waals surface area contributed by atoms with E-state index in [0.29, 0.717) is 86.0 Å². The number of non-ortho nitro benzene ring substituents is 1. The highest BCUT2D eigenvalue weighted by atomic mass is 32.2. The molecule has 0 radical (unpaired) electrons. The van der Waals surface area contributed by atoms with Crippen LogP contribution in [0.2, 0.25) is 0 Å². The number of benzene rings is 3. The maximum Gasteiger partial charge on any atom is 0.300 e. The zero-order chi connectivity index (χ0) is 51.5. The van der Waals surface area contributed by atoms with Crippen LogP contribution < -0.4 is 30.7 Å². The van der Waals surface area contributed by atoms with Gasteiger partial charge in [0.1, 0.15) is 18.0 Å². The Labute approximate surface area is 422 Å². The van der Waals surface area contributed by atoms with Gasteiger partial charge in [-0.3, -0.25) is 28.8 Å². The van der Waals surface area contributed by atoms with E-state index in [9.17, 15) is 29.8 Å². The highest BCUT2D eigenvalue weighted by Crippen LogP contribution is 2.65. The minimum Gasteiger partial charge on any atom is -0.496 e. The molecule has 5 atom stereocenters. The number of ether oxygens (including phenoxy) is 3. The first-order valence-electron chi connectivity index (χ1n) is 23.9. The quantitative estimate of drug-likeness (QED) is 0.0122. The zero-order valence-electron chi connectivity index (χ0n) is 41.6. The van der Waals surface area contributed by atoms with Crippen molar-refractivity contribution in [3.05, 3.63) is 98.9 Å². The van der Waals surface area contributed by atoms with Gasteiger partial charge in [-0.2, -0.15) is 5.26 Å². The van der Waals surface area contributed by atoms with Crippen LogP contribution in [0.15, 0.2) is 75.9 Å². The van der Waals surface area contributed by atoms with Gasteiger partial charge in [0.25, 0.3) is 5.91 Å². The van der Waals surface area contributed by atoms with Gasteiger partial charge in [0.15, 0.2) is 5.52 Å². The molecule has 22 heteroatoms. The molecule has 1 fully saturated rings. The van der Waals surface area contributed by atoms with Crippen LogP contribution in [-0.4, -0.2) is 113 Å². The number of nitrogens with one attached hydrogen (secondary N) is 4. The van der Waals surface area contributed by atoms with E-state index in [1.165, 1.54) is 22.0 Å². The Morgan fingerprint density at radius 2 is 1.78 bits per heavy atom. The molecular weight excluding hydrogens is 945 g/mol. The molecule has 2 bridgehead atoms. The number of amides is 3. The van der Waals surface area contributed by atoms with E-state index >= 15 is 0 Å². The maximum absolute atomic E-state index is 13.6. The molecule has 2 heterocycles. The van der Waals surface area contributed by atoms with Crippen molar-refractivity contribution in [2.75, 3.05) is 66.0 Å². The van der Waals surface area contributed by atoms with Gasteiger partial charge in [0.05, 0.1) is 56.4 Å². The van der Waals surface area contributed by atoms with Crippen molar-refractivity contribution in [2.24, 2.45) is 29.1 Å². The minimum atomic E-state index is -0.549. The van der Waals surface area contributed by atoms with Crippen molar-refractivity contribution in [1.82, 2.24) is 45.6 Å². The van der Waals surface area contributed by atoms with Crippen molar-refractivity contribution in [3.63, 3.8) is 0 Å². The van der Waals surface area contributed by atoms with Crippen molar-refractivity contribution in [3.8, 4) is 17.6 Å². The molecule has 72 heavy (non-hydrogen) atoms. The van der Waals surface area contributed by atoms with Crippen LogP contribution in [0.1, 0.15) is 73.6 Å². The highest BCUT2D eigenvalue weighted by molar-refractivity contribution is 7.97. The highest BCUT2D eigenvalue weighted by Gasteiger charge is 2.56. The summed E-state index contributed by atoms with van der Waals surface area (Å²) in [5.41, 5.74) is 5.04. The normalized spacial score (nSPS) is 17.4. The number of carbonyl (C=O) groups excluding carboxylic acids is 3. The molecule has 382 valence electrons. The van der Waals surface area contributed by atoms with Crippen LogP contribution in [-0.2, 0) is 33.8 Å². The maximum atomic E-state index is 13.6. The summed E-state index contributed by atoms with van der Waals surface area (Å²) < 4.78 is 25.2. The molecule has 3 aromatic carbocycles. The summed E-state index contributed by atoms with van der Waals surface area (Å²) in [7, 11) is 5.30. The summed E-state index contributed by atoms with van der Waals surface area (Å²) in [6.07, 6.45) is 5.47. The van der Waals surface area contributed by atoms with Crippen molar-refractivity contribution in [2.45, 2.75) is 70.9 Å². The first-order chi connectivity index (χ1) is 34.7. The predicted molar refractivity (Wildman–Crippen MR) is 268 cm³/mol. The van der Waals surface area contributed by atoms with Crippen LogP contribution in [0.5, 0.6) is 11.5 Å². The summed E-state index contributed by atoms with van der Waals surface area (Å²) in [5.74, 6) is 1.30. The molecule has 5 unspecified atom stereocenters. The van der Waals surface area contributed by atoms with Gasteiger partial charge in [0, 0.05) is 79.1 Å². The fourth-order valence-electron chi connectivity index (χ4n) is 9.51. The Kier molecular flexibility index (Phi) is 17.5. The largest absolute Gasteiger partial charge is 0.496 e. The molecule has 3 amide bonds. The molecule has 0 spiro atoms. The molecule has 21 nitrogen and oxygen atoms in total. The number of allylic oxidation sites excluding steroid dienone is 1. The second-order valence-electron chi connectivity index (χ2n) is 18.7. The topological polar surface area (TPSA) is 267 Å². The lowest BCUT2D eigenvalue weighted by Crippen LogP contribution is -2.53. The second kappa shape index (κ2) is 23.9. The summed E-state index contributed by atoms with van der Waals surface area (Å²) in [5, 5.41) is 48.9. The SMILES string of the molecule is CNCc1cc(OC)c(C2C=C(CNC(=O)C(C)C(C)CNC(=O)c3ccc(SN(CC#N)C(=O)CCc4cn(CCOCCNc5ccc([N+](=O)[O-])c6nonc56)nn4)cc3)C3CC2C3(C)C)c(OC)c1. The molecule has 8 rings (SSSR count). The molecule has 2 aromatic heterocycles. The van der Waals surface area contributed by atoms with Crippen molar-refractivity contribution >= 4 is 52.1 Å². The average molecular weight is 1010 g/mol. The number of nitriles is 1. The number of carbonyl (C=O) groups is 3. The van der Waals surface area contributed by atoms with Crippen LogP contribution in [0.3, 0.4) is 0 Å². The lowest BCUT2D eigenvalue weighted by molar-refractivity contribution is -0.383. The van der Waals surface area contributed by atoms with E-state index < -0.39 is 4.92 Å². The molecule has 1 saturated carbocycles. The van der Waals surface area contributed by atoms with Crippen LogP contribution in [0, 0.1) is 50.5 Å². The molecule has 3 aliphatic rings. The number of hydrogen-bond donors (Lipinski definition) is 4. The lowest BCUT2D eigenvalue weighted by atomic mass is 9.45. The number of aromatic nitrogens is 5. The van der Waals surface area contributed by atoms with Gasteiger partial charge in [-0.15, -0.1) is 5.10 Å². The molecule has 0 saturated heterocycles. The number of anilines is 1. The molecule has 0 aliphatic heterocycles. The Bertz CT molecular complexity index is 2780. The molecule has 3 aliphatic carbocycles. The fraction of sp³-hybridized carbons (Fsp3) is 0.480. The van der Waals surface area contributed by atoms with Crippen LogP contribution in [0.4, 0.5) is 11.4 Å². The number of aryl methyl sites for hydroxylation is 1. The van der Waals surface area contributed by atoms with Crippen molar-refractivity contribution < 1.29 is 38.1 Å².